The Bertz CT molecular complexity index is 440. The fraction of sp³-hybridized carbons (Fsp3) is 0.733. The lowest BCUT2D eigenvalue weighted by molar-refractivity contribution is -0.140. The summed E-state index contributed by atoms with van der Waals surface area (Å²) in [5.41, 5.74) is 0.673. The highest BCUT2D eigenvalue weighted by Crippen LogP contribution is 2.39. The molecule has 3 aliphatic rings. The van der Waals surface area contributed by atoms with E-state index in [1.807, 2.05) is 6.92 Å². The quantitative estimate of drug-likeness (QED) is 0.739. The largest absolute Gasteiger partial charge is 0.463 e. The molecule has 1 saturated carbocycles. The van der Waals surface area contributed by atoms with Crippen molar-refractivity contribution in [2.75, 3.05) is 13.2 Å². The Hall–Kier alpha value is -1.36. The van der Waals surface area contributed by atoms with E-state index >= 15 is 0 Å². The number of ether oxygens (including phenoxy) is 1. The van der Waals surface area contributed by atoms with Crippen LogP contribution < -0.4 is 0 Å². The lowest BCUT2D eigenvalue weighted by Crippen LogP contribution is -2.43. The maximum Gasteiger partial charge on any atom is 0.337 e. The minimum absolute atomic E-state index is 0.0424. The third-order valence-corrected chi connectivity index (χ3v) is 4.60. The first-order valence-electron chi connectivity index (χ1n) is 7.70. The molecule has 2 fully saturated rings. The number of hydrogen-bond donors (Lipinski definition) is 0. The summed E-state index contributed by atoms with van der Waals surface area (Å²) in [5, 5.41) is 3.72. The number of hydrogen-bond acceptors (Lipinski definition) is 4. The van der Waals surface area contributed by atoms with Crippen LogP contribution in [0.4, 0.5) is 0 Å². The Labute approximate surface area is 119 Å². The smallest absolute Gasteiger partial charge is 0.337 e. The van der Waals surface area contributed by atoms with Crippen molar-refractivity contribution in [3.63, 3.8) is 0 Å². The number of esters is 1. The molecule has 110 valence electrons. The highest BCUT2D eigenvalue weighted by atomic mass is 16.5. The van der Waals surface area contributed by atoms with Crippen LogP contribution >= 0.6 is 0 Å². The minimum atomic E-state index is -0.259. The van der Waals surface area contributed by atoms with Gasteiger partial charge < -0.3 is 4.74 Å². The molecule has 5 heteroatoms. The van der Waals surface area contributed by atoms with Gasteiger partial charge in [-0.1, -0.05) is 19.3 Å². The molecule has 2 aliphatic heterocycles. The average molecular weight is 278 g/mol. The van der Waals surface area contributed by atoms with E-state index in [2.05, 4.69) is 5.01 Å². The van der Waals surface area contributed by atoms with E-state index in [-0.39, 0.29) is 17.9 Å². The predicted molar refractivity (Wildman–Crippen MR) is 73.2 cm³/mol. The van der Waals surface area contributed by atoms with Crippen LogP contribution in [-0.4, -0.2) is 41.1 Å². The third-order valence-electron chi connectivity index (χ3n) is 4.60. The molecule has 1 atom stereocenters. The molecule has 0 aromatic carbocycles. The van der Waals surface area contributed by atoms with Crippen LogP contribution in [0.15, 0.2) is 11.8 Å². The summed E-state index contributed by atoms with van der Waals surface area (Å²) in [7, 11) is 0. The molecule has 1 unspecified atom stereocenters. The van der Waals surface area contributed by atoms with Crippen LogP contribution in [0, 0.1) is 5.92 Å². The summed E-state index contributed by atoms with van der Waals surface area (Å²) in [5.74, 6) is 0.297. The molecule has 1 amide bonds. The topological polar surface area (TPSA) is 49.9 Å². The normalized spacial score (nSPS) is 27.6. The second-order valence-electron chi connectivity index (χ2n) is 5.80. The summed E-state index contributed by atoms with van der Waals surface area (Å²) >= 11 is 0. The van der Waals surface area contributed by atoms with Crippen molar-refractivity contribution in [1.82, 2.24) is 10.0 Å². The zero-order valence-electron chi connectivity index (χ0n) is 12.0. The van der Waals surface area contributed by atoms with Gasteiger partial charge in [0.25, 0.3) is 0 Å². The van der Waals surface area contributed by atoms with Crippen molar-refractivity contribution in [3.8, 4) is 0 Å². The highest BCUT2D eigenvalue weighted by molar-refractivity contribution is 5.92. The lowest BCUT2D eigenvalue weighted by atomic mass is 9.81. The molecule has 20 heavy (non-hydrogen) atoms. The number of fused-ring (bicyclic) bond motifs is 1. The molecule has 0 N–H and O–H groups in total. The summed E-state index contributed by atoms with van der Waals surface area (Å²) in [6.45, 7) is 2.91. The third kappa shape index (κ3) is 2.24. The van der Waals surface area contributed by atoms with E-state index in [0.717, 1.165) is 19.4 Å². The van der Waals surface area contributed by atoms with Gasteiger partial charge in [0.15, 0.2) is 0 Å². The molecule has 0 aromatic rings. The van der Waals surface area contributed by atoms with Gasteiger partial charge in [-0.15, -0.1) is 0 Å². The number of carbonyl (C=O) groups excluding carboxylic acids is 2. The van der Waals surface area contributed by atoms with Gasteiger partial charge in [0, 0.05) is 19.2 Å². The molecule has 1 aliphatic carbocycles. The van der Waals surface area contributed by atoms with Gasteiger partial charge in [-0.25, -0.2) is 14.8 Å². The molecule has 2 heterocycles. The first kappa shape index (κ1) is 13.6. The number of amides is 1. The van der Waals surface area contributed by atoms with Crippen LogP contribution in [0.5, 0.6) is 0 Å². The Morgan fingerprint density at radius 1 is 1.35 bits per heavy atom. The predicted octanol–water partition coefficient (Wildman–Crippen LogP) is 1.85. The van der Waals surface area contributed by atoms with Gasteiger partial charge in [-0.05, 0) is 25.7 Å². The molecule has 3 rings (SSSR count). The van der Waals surface area contributed by atoms with Crippen molar-refractivity contribution >= 4 is 11.9 Å². The lowest BCUT2D eigenvalue weighted by Gasteiger charge is -2.34. The average Bonchev–Trinajstić information content (AvgIpc) is 3.00. The Morgan fingerprint density at radius 2 is 2.10 bits per heavy atom. The van der Waals surface area contributed by atoms with Gasteiger partial charge in [0.05, 0.1) is 18.2 Å². The molecular weight excluding hydrogens is 256 g/mol. The van der Waals surface area contributed by atoms with E-state index < -0.39 is 0 Å². The highest BCUT2D eigenvalue weighted by Gasteiger charge is 2.46. The maximum absolute atomic E-state index is 12.2. The molecule has 0 spiro atoms. The van der Waals surface area contributed by atoms with Crippen LogP contribution in [0.3, 0.4) is 0 Å². The molecule has 5 nitrogen and oxygen atoms in total. The van der Waals surface area contributed by atoms with Gasteiger partial charge in [0.2, 0.25) is 5.91 Å². The van der Waals surface area contributed by atoms with Gasteiger partial charge in [0.1, 0.15) is 0 Å². The van der Waals surface area contributed by atoms with Crippen LogP contribution in [0.1, 0.15) is 45.4 Å². The Morgan fingerprint density at radius 3 is 2.80 bits per heavy atom. The Balaban J connectivity index is 1.85. The molecule has 0 aromatic heterocycles. The first-order valence-corrected chi connectivity index (χ1v) is 7.70. The summed E-state index contributed by atoms with van der Waals surface area (Å²) in [4.78, 5) is 24.1. The van der Waals surface area contributed by atoms with E-state index in [4.69, 9.17) is 4.74 Å². The van der Waals surface area contributed by atoms with Crippen molar-refractivity contribution in [2.45, 2.75) is 51.5 Å². The number of rotatable bonds is 3. The molecular formula is C15H22N2O3. The SMILES string of the molecule is CCOC(=O)C1=CN2C(=O)CCN2C1C1CCCCC1. The van der Waals surface area contributed by atoms with E-state index in [1.54, 1.807) is 11.2 Å². The van der Waals surface area contributed by atoms with Crippen LogP contribution in [0.25, 0.3) is 0 Å². The zero-order chi connectivity index (χ0) is 14.1. The second-order valence-corrected chi connectivity index (χ2v) is 5.80. The number of carbonyl (C=O) groups is 2. The fourth-order valence-corrected chi connectivity index (χ4v) is 3.70. The van der Waals surface area contributed by atoms with Crippen LogP contribution in [-0.2, 0) is 14.3 Å². The molecule has 0 bridgehead atoms. The van der Waals surface area contributed by atoms with Crippen molar-refractivity contribution < 1.29 is 14.3 Å². The summed E-state index contributed by atoms with van der Waals surface area (Å²) in [6, 6.07) is 0.0424. The zero-order valence-corrected chi connectivity index (χ0v) is 12.0. The van der Waals surface area contributed by atoms with Gasteiger partial charge >= 0.3 is 5.97 Å². The van der Waals surface area contributed by atoms with Crippen molar-refractivity contribution in [1.29, 1.82) is 0 Å². The number of hydrazine groups is 1. The maximum atomic E-state index is 12.2. The fourth-order valence-electron chi connectivity index (χ4n) is 3.70. The summed E-state index contributed by atoms with van der Waals surface area (Å²) in [6.07, 6.45) is 8.27. The first-order chi connectivity index (χ1) is 9.72. The molecule has 1 saturated heterocycles. The van der Waals surface area contributed by atoms with Gasteiger partial charge in [-0.3, -0.25) is 4.79 Å². The van der Waals surface area contributed by atoms with Crippen molar-refractivity contribution in [2.24, 2.45) is 5.92 Å². The summed E-state index contributed by atoms with van der Waals surface area (Å²) < 4.78 is 5.18. The Kier molecular flexibility index (Phi) is 3.78. The molecule has 0 radical (unpaired) electrons. The van der Waals surface area contributed by atoms with Gasteiger partial charge in [-0.2, -0.15) is 0 Å². The standard InChI is InChI=1S/C15H22N2O3/c1-2-20-15(19)12-10-17-13(18)8-9-16(17)14(12)11-6-4-3-5-7-11/h10-11,14H,2-9H2,1H3. The van der Waals surface area contributed by atoms with Crippen LogP contribution in [0.2, 0.25) is 0 Å². The van der Waals surface area contributed by atoms with E-state index in [1.165, 1.54) is 19.3 Å². The van der Waals surface area contributed by atoms with E-state index in [0.29, 0.717) is 24.5 Å². The monoisotopic (exact) mass is 278 g/mol. The van der Waals surface area contributed by atoms with E-state index in [9.17, 15) is 9.59 Å². The minimum Gasteiger partial charge on any atom is -0.463 e. The second kappa shape index (κ2) is 5.56. The van der Waals surface area contributed by atoms with Crippen molar-refractivity contribution in [3.05, 3.63) is 11.8 Å². The number of nitrogens with zero attached hydrogens (tertiary/aromatic N) is 2.